The van der Waals surface area contributed by atoms with Gasteiger partial charge in [0.25, 0.3) is 5.91 Å². The van der Waals surface area contributed by atoms with Gasteiger partial charge in [-0.05, 0) is 30.5 Å². The second-order valence-corrected chi connectivity index (χ2v) is 5.52. The van der Waals surface area contributed by atoms with Gasteiger partial charge in [-0.15, -0.1) is 0 Å². The maximum absolute atomic E-state index is 12.2. The van der Waals surface area contributed by atoms with E-state index < -0.39 is 0 Å². The van der Waals surface area contributed by atoms with Crippen LogP contribution in [0, 0.1) is 0 Å². The Balaban J connectivity index is 1.54. The van der Waals surface area contributed by atoms with Crippen molar-refractivity contribution >= 4 is 11.6 Å². The zero-order valence-electron chi connectivity index (χ0n) is 12.9. The Labute approximate surface area is 135 Å². The summed E-state index contributed by atoms with van der Waals surface area (Å²) in [5, 5.41) is 6.15. The summed E-state index contributed by atoms with van der Waals surface area (Å²) in [4.78, 5) is 20.4. The van der Waals surface area contributed by atoms with Gasteiger partial charge in [0, 0.05) is 44.5 Å². The number of hydrogen-bond donors (Lipinski definition) is 2. The number of ether oxygens (including phenoxy) is 1. The van der Waals surface area contributed by atoms with Crippen LogP contribution in [0.3, 0.4) is 0 Å². The minimum atomic E-state index is -0.127. The fraction of sp³-hybridized carbons (Fsp3) is 0.353. The summed E-state index contributed by atoms with van der Waals surface area (Å²) in [5.74, 6) is -0.127. The highest BCUT2D eigenvalue weighted by Gasteiger charge is 2.16. The fourth-order valence-electron chi connectivity index (χ4n) is 2.48. The third-order valence-corrected chi connectivity index (χ3v) is 3.73. The number of pyridine rings is 2. The van der Waals surface area contributed by atoms with Crippen LogP contribution in [0.4, 0.5) is 5.69 Å². The predicted octanol–water partition coefficient (Wildman–Crippen LogP) is 2.00. The molecule has 0 spiro atoms. The van der Waals surface area contributed by atoms with E-state index in [4.69, 9.17) is 4.74 Å². The molecule has 6 heteroatoms. The molecule has 1 amide bonds. The van der Waals surface area contributed by atoms with Crippen LogP contribution in [-0.4, -0.2) is 35.1 Å². The Morgan fingerprint density at radius 2 is 2.26 bits per heavy atom. The molecule has 1 aliphatic rings. The molecular weight excluding hydrogens is 292 g/mol. The molecule has 2 aromatic heterocycles. The van der Waals surface area contributed by atoms with Crippen LogP contribution >= 0.6 is 0 Å². The normalized spacial score (nSPS) is 17.0. The lowest BCUT2D eigenvalue weighted by atomic mass is 10.2. The SMILES string of the molecule is O=C(NCC1CCCO1)c1cncc(NCc2cccnc2)c1. The molecule has 2 aromatic rings. The Hall–Kier alpha value is -2.47. The van der Waals surface area contributed by atoms with E-state index in [1.807, 2.05) is 12.1 Å². The number of rotatable bonds is 6. The smallest absolute Gasteiger partial charge is 0.253 e. The maximum atomic E-state index is 12.2. The van der Waals surface area contributed by atoms with E-state index in [-0.39, 0.29) is 12.0 Å². The summed E-state index contributed by atoms with van der Waals surface area (Å²) >= 11 is 0. The Kier molecular flexibility index (Phi) is 5.16. The van der Waals surface area contributed by atoms with E-state index >= 15 is 0 Å². The monoisotopic (exact) mass is 312 g/mol. The summed E-state index contributed by atoms with van der Waals surface area (Å²) in [6.07, 6.45) is 9.02. The first-order chi connectivity index (χ1) is 11.3. The molecule has 2 N–H and O–H groups in total. The van der Waals surface area contributed by atoms with Crippen LogP contribution in [0.1, 0.15) is 28.8 Å². The summed E-state index contributed by atoms with van der Waals surface area (Å²) in [7, 11) is 0. The molecule has 0 bridgehead atoms. The number of amides is 1. The number of anilines is 1. The van der Waals surface area contributed by atoms with Crippen molar-refractivity contribution in [1.29, 1.82) is 0 Å². The van der Waals surface area contributed by atoms with Gasteiger partial charge in [-0.25, -0.2) is 0 Å². The van der Waals surface area contributed by atoms with Crippen LogP contribution < -0.4 is 10.6 Å². The molecule has 1 saturated heterocycles. The first-order valence-corrected chi connectivity index (χ1v) is 7.79. The van der Waals surface area contributed by atoms with Gasteiger partial charge >= 0.3 is 0 Å². The van der Waals surface area contributed by atoms with Crippen LogP contribution in [0.5, 0.6) is 0 Å². The van der Waals surface area contributed by atoms with Crippen molar-refractivity contribution in [2.24, 2.45) is 0 Å². The second-order valence-electron chi connectivity index (χ2n) is 5.52. The Morgan fingerprint density at radius 3 is 3.04 bits per heavy atom. The molecule has 0 saturated carbocycles. The lowest BCUT2D eigenvalue weighted by Gasteiger charge is -2.11. The van der Waals surface area contributed by atoms with Crippen LogP contribution in [0.15, 0.2) is 43.0 Å². The highest BCUT2D eigenvalue weighted by atomic mass is 16.5. The highest BCUT2D eigenvalue weighted by Crippen LogP contribution is 2.12. The van der Waals surface area contributed by atoms with E-state index in [0.717, 1.165) is 30.7 Å². The number of hydrogen-bond acceptors (Lipinski definition) is 5. The van der Waals surface area contributed by atoms with Crippen molar-refractivity contribution in [3.05, 3.63) is 54.1 Å². The molecule has 1 aliphatic heterocycles. The molecule has 120 valence electrons. The highest BCUT2D eigenvalue weighted by molar-refractivity contribution is 5.94. The standard InChI is InChI=1S/C17H20N4O2/c22-17(21-12-16-4-2-6-23-16)14-7-15(11-19-10-14)20-9-13-3-1-5-18-8-13/h1,3,5,7-8,10-11,16,20H,2,4,6,9,12H2,(H,21,22). The van der Waals surface area contributed by atoms with Crippen LogP contribution in [0.25, 0.3) is 0 Å². The summed E-state index contributed by atoms with van der Waals surface area (Å²) < 4.78 is 5.50. The number of carbonyl (C=O) groups excluding carboxylic acids is 1. The topological polar surface area (TPSA) is 76.1 Å². The molecule has 1 atom stereocenters. The van der Waals surface area contributed by atoms with Gasteiger partial charge in [0.05, 0.1) is 17.4 Å². The third-order valence-electron chi connectivity index (χ3n) is 3.73. The van der Waals surface area contributed by atoms with Gasteiger partial charge in [-0.2, -0.15) is 0 Å². The summed E-state index contributed by atoms with van der Waals surface area (Å²) in [5.41, 5.74) is 2.42. The van der Waals surface area contributed by atoms with Crippen molar-refractivity contribution in [3.63, 3.8) is 0 Å². The quantitative estimate of drug-likeness (QED) is 0.853. The fourth-order valence-corrected chi connectivity index (χ4v) is 2.48. The Morgan fingerprint density at radius 1 is 1.30 bits per heavy atom. The van der Waals surface area contributed by atoms with Gasteiger partial charge in [0.15, 0.2) is 0 Å². The van der Waals surface area contributed by atoms with E-state index in [2.05, 4.69) is 20.6 Å². The minimum Gasteiger partial charge on any atom is -0.380 e. The number of aromatic nitrogens is 2. The summed E-state index contributed by atoms with van der Waals surface area (Å²) in [6.45, 7) is 1.97. The molecule has 6 nitrogen and oxygen atoms in total. The van der Waals surface area contributed by atoms with Gasteiger partial charge in [0.2, 0.25) is 0 Å². The van der Waals surface area contributed by atoms with Gasteiger partial charge in [0.1, 0.15) is 0 Å². The number of nitrogens with zero attached hydrogens (tertiary/aromatic N) is 2. The molecule has 1 unspecified atom stereocenters. The maximum Gasteiger partial charge on any atom is 0.253 e. The van der Waals surface area contributed by atoms with Gasteiger partial charge in [-0.3, -0.25) is 14.8 Å². The molecule has 1 fully saturated rings. The average Bonchev–Trinajstić information content (AvgIpc) is 3.12. The van der Waals surface area contributed by atoms with Crippen molar-refractivity contribution in [3.8, 4) is 0 Å². The second kappa shape index (κ2) is 7.69. The van der Waals surface area contributed by atoms with Crippen molar-refractivity contribution in [1.82, 2.24) is 15.3 Å². The molecule has 0 aromatic carbocycles. The molecule has 3 heterocycles. The number of nitrogens with one attached hydrogen (secondary N) is 2. The summed E-state index contributed by atoms with van der Waals surface area (Å²) in [6, 6.07) is 5.68. The lowest BCUT2D eigenvalue weighted by molar-refractivity contribution is 0.0857. The first kappa shape index (κ1) is 15.4. The lowest BCUT2D eigenvalue weighted by Crippen LogP contribution is -2.31. The molecule has 3 rings (SSSR count). The minimum absolute atomic E-state index is 0.127. The van der Waals surface area contributed by atoms with Crippen LogP contribution in [0.2, 0.25) is 0 Å². The average molecular weight is 312 g/mol. The molecule has 0 radical (unpaired) electrons. The van der Waals surface area contributed by atoms with E-state index in [9.17, 15) is 4.79 Å². The zero-order valence-corrected chi connectivity index (χ0v) is 12.9. The van der Waals surface area contributed by atoms with Crippen molar-refractivity contribution in [2.45, 2.75) is 25.5 Å². The number of carbonyl (C=O) groups is 1. The van der Waals surface area contributed by atoms with Crippen LogP contribution in [-0.2, 0) is 11.3 Å². The zero-order chi connectivity index (χ0) is 15.9. The van der Waals surface area contributed by atoms with Crippen molar-refractivity contribution in [2.75, 3.05) is 18.5 Å². The Bertz CT molecular complexity index is 642. The first-order valence-electron chi connectivity index (χ1n) is 7.79. The van der Waals surface area contributed by atoms with E-state index in [1.165, 1.54) is 0 Å². The largest absolute Gasteiger partial charge is 0.380 e. The van der Waals surface area contributed by atoms with Crippen molar-refractivity contribution < 1.29 is 9.53 Å². The van der Waals surface area contributed by atoms with E-state index in [1.54, 1.807) is 30.9 Å². The molecule has 0 aliphatic carbocycles. The van der Waals surface area contributed by atoms with E-state index in [0.29, 0.717) is 18.7 Å². The predicted molar refractivity (Wildman–Crippen MR) is 87.1 cm³/mol. The molecular formula is C17H20N4O2. The van der Waals surface area contributed by atoms with Gasteiger partial charge < -0.3 is 15.4 Å². The molecule has 23 heavy (non-hydrogen) atoms. The van der Waals surface area contributed by atoms with Gasteiger partial charge in [-0.1, -0.05) is 6.07 Å². The third kappa shape index (κ3) is 4.50.